The van der Waals surface area contributed by atoms with E-state index in [1.165, 1.54) is 10.8 Å². The summed E-state index contributed by atoms with van der Waals surface area (Å²) in [6.07, 6.45) is -0.452. The fourth-order valence-electron chi connectivity index (χ4n) is 2.10. The monoisotopic (exact) mass is 249 g/mol. The van der Waals surface area contributed by atoms with Crippen molar-refractivity contribution in [3.05, 3.63) is 78.4 Å². The molecule has 1 atom stereocenters. The second-order valence-corrected chi connectivity index (χ2v) is 4.46. The molecule has 0 radical (unpaired) electrons. The van der Waals surface area contributed by atoms with Crippen molar-refractivity contribution in [1.82, 2.24) is 0 Å². The van der Waals surface area contributed by atoms with Crippen molar-refractivity contribution >= 4 is 10.8 Å². The lowest BCUT2D eigenvalue weighted by molar-refractivity contribution is 0.214. The van der Waals surface area contributed by atoms with Gasteiger partial charge in [-0.15, -0.1) is 0 Å². The summed E-state index contributed by atoms with van der Waals surface area (Å²) in [7, 11) is 0. The highest BCUT2D eigenvalue weighted by Crippen LogP contribution is 2.22. The molecule has 2 nitrogen and oxygen atoms in total. The van der Waals surface area contributed by atoms with Crippen LogP contribution < -0.4 is 10.5 Å². The number of para-hydroxylation sites is 1. The molecule has 3 aromatic carbocycles. The van der Waals surface area contributed by atoms with Crippen molar-refractivity contribution in [3.8, 4) is 5.75 Å². The van der Waals surface area contributed by atoms with Gasteiger partial charge in [-0.2, -0.15) is 0 Å². The summed E-state index contributed by atoms with van der Waals surface area (Å²) in [5, 5.41) is 2.38. The van der Waals surface area contributed by atoms with Gasteiger partial charge in [-0.05, 0) is 29.0 Å². The van der Waals surface area contributed by atoms with Gasteiger partial charge >= 0.3 is 0 Å². The summed E-state index contributed by atoms with van der Waals surface area (Å²) in [4.78, 5) is 0. The minimum Gasteiger partial charge on any atom is -0.471 e. The van der Waals surface area contributed by atoms with Gasteiger partial charge in [0.2, 0.25) is 0 Å². The SMILES string of the molecule is NC(Oc1ccccc1)c1ccc2ccccc2c1. The van der Waals surface area contributed by atoms with Crippen LogP contribution in [-0.2, 0) is 0 Å². The van der Waals surface area contributed by atoms with E-state index in [0.29, 0.717) is 0 Å². The Morgan fingerprint density at radius 2 is 1.42 bits per heavy atom. The Kier molecular flexibility index (Phi) is 3.17. The molecule has 0 saturated carbocycles. The number of rotatable bonds is 3. The summed E-state index contributed by atoms with van der Waals surface area (Å²) in [6.45, 7) is 0. The maximum atomic E-state index is 6.10. The normalized spacial score (nSPS) is 12.3. The Balaban J connectivity index is 1.87. The van der Waals surface area contributed by atoms with Gasteiger partial charge in [0, 0.05) is 5.56 Å². The first-order valence-electron chi connectivity index (χ1n) is 6.29. The van der Waals surface area contributed by atoms with Gasteiger partial charge in [0.1, 0.15) is 5.75 Å². The van der Waals surface area contributed by atoms with Crippen LogP contribution in [0.1, 0.15) is 11.8 Å². The third kappa shape index (κ3) is 2.59. The zero-order chi connectivity index (χ0) is 13.1. The van der Waals surface area contributed by atoms with Gasteiger partial charge in [0.15, 0.2) is 6.23 Å². The molecule has 0 heterocycles. The van der Waals surface area contributed by atoms with Crippen LogP contribution in [0, 0.1) is 0 Å². The molecule has 0 aliphatic carbocycles. The summed E-state index contributed by atoms with van der Waals surface area (Å²) >= 11 is 0. The van der Waals surface area contributed by atoms with E-state index in [1.54, 1.807) is 0 Å². The van der Waals surface area contributed by atoms with Gasteiger partial charge in [-0.25, -0.2) is 0 Å². The number of hydrogen-bond donors (Lipinski definition) is 1. The Hall–Kier alpha value is -2.32. The second-order valence-electron chi connectivity index (χ2n) is 4.46. The predicted molar refractivity (Wildman–Crippen MR) is 77.9 cm³/mol. The summed E-state index contributed by atoms with van der Waals surface area (Å²) in [5.41, 5.74) is 7.07. The van der Waals surface area contributed by atoms with Gasteiger partial charge in [0.25, 0.3) is 0 Å². The van der Waals surface area contributed by atoms with Crippen LogP contribution in [0.5, 0.6) is 5.75 Å². The first-order chi connectivity index (χ1) is 9.33. The Morgan fingerprint density at radius 1 is 0.737 bits per heavy atom. The number of ether oxygens (including phenoxy) is 1. The van der Waals surface area contributed by atoms with Crippen LogP contribution in [0.15, 0.2) is 72.8 Å². The van der Waals surface area contributed by atoms with E-state index in [0.717, 1.165) is 11.3 Å². The first kappa shape index (κ1) is 11.8. The maximum absolute atomic E-state index is 6.10. The van der Waals surface area contributed by atoms with Crippen molar-refractivity contribution in [3.63, 3.8) is 0 Å². The molecular formula is C17H15NO. The molecule has 0 aliphatic rings. The van der Waals surface area contributed by atoms with Gasteiger partial charge < -0.3 is 4.74 Å². The fourth-order valence-corrected chi connectivity index (χ4v) is 2.10. The quantitative estimate of drug-likeness (QED) is 0.715. The largest absolute Gasteiger partial charge is 0.471 e. The predicted octanol–water partition coefficient (Wildman–Crippen LogP) is 3.88. The average Bonchev–Trinajstić information content (AvgIpc) is 2.48. The van der Waals surface area contributed by atoms with Crippen molar-refractivity contribution in [1.29, 1.82) is 0 Å². The van der Waals surface area contributed by atoms with Gasteiger partial charge in [-0.3, -0.25) is 5.73 Å². The lowest BCUT2D eigenvalue weighted by atomic mass is 10.1. The molecule has 2 heteroatoms. The Morgan fingerprint density at radius 3 is 2.21 bits per heavy atom. The molecule has 3 rings (SSSR count). The molecule has 0 aliphatic heterocycles. The van der Waals surface area contributed by atoms with E-state index in [-0.39, 0.29) is 0 Å². The molecule has 2 N–H and O–H groups in total. The highest BCUT2D eigenvalue weighted by atomic mass is 16.5. The minimum absolute atomic E-state index is 0.452. The van der Waals surface area contributed by atoms with Crippen LogP contribution in [0.4, 0.5) is 0 Å². The van der Waals surface area contributed by atoms with E-state index < -0.39 is 6.23 Å². The van der Waals surface area contributed by atoms with E-state index in [2.05, 4.69) is 24.3 Å². The number of fused-ring (bicyclic) bond motifs is 1. The van der Waals surface area contributed by atoms with Crippen molar-refractivity contribution in [2.45, 2.75) is 6.23 Å². The van der Waals surface area contributed by atoms with Crippen molar-refractivity contribution in [2.75, 3.05) is 0 Å². The van der Waals surface area contributed by atoms with Crippen LogP contribution >= 0.6 is 0 Å². The Labute approximate surface area is 112 Å². The molecule has 0 amide bonds. The molecular weight excluding hydrogens is 234 g/mol. The van der Waals surface area contributed by atoms with Crippen LogP contribution in [0.2, 0.25) is 0 Å². The van der Waals surface area contributed by atoms with E-state index >= 15 is 0 Å². The van der Waals surface area contributed by atoms with E-state index in [9.17, 15) is 0 Å². The molecule has 3 aromatic rings. The minimum atomic E-state index is -0.452. The molecule has 1 unspecified atom stereocenters. The van der Waals surface area contributed by atoms with Crippen LogP contribution in [0.3, 0.4) is 0 Å². The Bertz CT molecular complexity index is 679. The zero-order valence-corrected chi connectivity index (χ0v) is 10.5. The second kappa shape index (κ2) is 5.12. The molecule has 19 heavy (non-hydrogen) atoms. The number of benzene rings is 3. The van der Waals surface area contributed by atoms with E-state index in [1.807, 2.05) is 48.5 Å². The standard InChI is InChI=1S/C17H15NO/c18-17(19-16-8-2-1-3-9-16)15-11-10-13-6-4-5-7-14(13)12-15/h1-12,17H,18H2. The maximum Gasteiger partial charge on any atom is 0.174 e. The number of hydrogen-bond acceptors (Lipinski definition) is 2. The number of nitrogens with two attached hydrogens (primary N) is 1. The van der Waals surface area contributed by atoms with Crippen LogP contribution in [-0.4, -0.2) is 0 Å². The average molecular weight is 249 g/mol. The smallest absolute Gasteiger partial charge is 0.174 e. The lowest BCUT2D eigenvalue weighted by Gasteiger charge is -2.15. The third-order valence-electron chi connectivity index (χ3n) is 3.11. The topological polar surface area (TPSA) is 35.2 Å². The van der Waals surface area contributed by atoms with Crippen LogP contribution in [0.25, 0.3) is 10.8 Å². The van der Waals surface area contributed by atoms with E-state index in [4.69, 9.17) is 10.5 Å². The molecule has 0 bridgehead atoms. The summed E-state index contributed by atoms with van der Waals surface area (Å²) in [6, 6.07) is 24.0. The highest BCUT2D eigenvalue weighted by molar-refractivity contribution is 5.83. The molecule has 0 saturated heterocycles. The van der Waals surface area contributed by atoms with Gasteiger partial charge in [-0.1, -0.05) is 54.6 Å². The van der Waals surface area contributed by atoms with Crippen molar-refractivity contribution in [2.24, 2.45) is 5.73 Å². The molecule has 94 valence electrons. The van der Waals surface area contributed by atoms with Crippen molar-refractivity contribution < 1.29 is 4.74 Å². The zero-order valence-electron chi connectivity index (χ0n) is 10.5. The molecule has 0 spiro atoms. The molecule has 0 fully saturated rings. The summed E-state index contributed by atoms with van der Waals surface area (Å²) < 4.78 is 5.73. The highest BCUT2D eigenvalue weighted by Gasteiger charge is 2.08. The third-order valence-corrected chi connectivity index (χ3v) is 3.11. The molecule has 0 aromatic heterocycles. The van der Waals surface area contributed by atoms with Gasteiger partial charge in [0.05, 0.1) is 0 Å². The fraction of sp³-hybridized carbons (Fsp3) is 0.0588. The summed E-state index contributed by atoms with van der Waals surface area (Å²) in [5.74, 6) is 0.781. The first-order valence-corrected chi connectivity index (χ1v) is 6.29. The lowest BCUT2D eigenvalue weighted by Crippen LogP contribution is -2.17.